The predicted molar refractivity (Wildman–Crippen MR) is 94.6 cm³/mol. The summed E-state index contributed by atoms with van der Waals surface area (Å²) in [6, 6.07) is 13.0. The first kappa shape index (κ1) is 17.0. The lowest BCUT2D eigenvalue weighted by Gasteiger charge is -2.04. The van der Waals surface area contributed by atoms with Crippen LogP contribution in [0.25, 0.3) is 10.9 Å². The van der Waals surface area contributed by atoms with Gasteiger partial charge in [0.15, 0.2) is 0 Å². The second-order valence-corrected chi connectivity index (χ2v) is 6.07. The number of hydrogen-bond acceptors (Lipinski definition) is 4. The highest BCUT2D eigenvalue weighted by molar-refractivity contribution is 8.00. The van der Waals surface area contributed by atoms with Crippen LogP contribution in [-0.2, 0) is 4.79 Å². The molecule has 7 heteroatoms. The molecular formula is C18H13F2N3OS. The number of halogens is 2. The number of amides is 1. The fraction of sp³-hybridized carbons (Fsp3) is 0.0556. The number of aromatic nitrogens is 1. The SMILES string of the molecule is O=C(CSc1cccc2cccnc12)N/N=C\c1c(F)cccc1F. The molecule has 3 rings (SSSR count). The lowest BCUT2D eigenvalue weighted by atomic mass is 10.2. The monoisotopic (exact) mass is 357 g/mol. The van der Waals surface area contributed by atoms with Crippen LogP contribution in [0.1, 0.15) is 5.56 Å². The van der Waals surface area contributed by atoms with Crippen LogP contribution in [0.4, 0.5) is 8.78 Å². The number of rotatable bonds is 5. The van der Waals surface area contributed by atoms with Gasteiger partial charge in [-0.25, -0.2) is 14.2 Å². The van der Waals surface area contributed by atoms with E-state index in [0.717, 1.165) is 34.1 Å². The Bertz CT molecular complexity index is 921. The average molecular weight is 357 g/mol. The van der Waals surface area contributed by atoms with Crippen molar-refractivity contribution in [3.05, 3.63) is 71.9 Å². The molecule has 0 radical (unpaired) electrons. The van der Waals surface area contributed by atoms with Gasteiger partial charge in [-0.1, -0.05) is 24.3 Å². The van der Waals surface area contributed by atoms with Gasteiger partial charge in [0.1, 0.15) is 11.6 Å². The van der Waals surface area contributed by atoms with Crippen molar-refractivity contribution in [2.75, 3.05) is 5.75 Å². The van der Waals surface area contributed by atoms with E-state index in [1.165, 1.54) is 17.8 Å². The molecule has 0 saturated heterocycles. The van der Waals surface area contributed by atoms with Gasteiger partial charge in [-0.2, -0.15) is 5.10 Å². The number of fused-ring (bicyclic) bond motifs is 1. The zero-order chi connectivity index (χ0) is 17.6. The van der Waals surface area contributed by atoms with Crippen molar-refractivity contribution in [1.29, 1.82) is 0 Å². The van der Waals surface area contributed by atoms with E-state index < -0.39 is 11.6 Å². The van der Waals surface area contributed by atoms with E-state index in [1.54, 1.807) is 6.20 Å². The molecule has 0 unspecified atom stereocenters. The summed E-state index contributed by atoms with van der Waals surface area (Å²) in [5, 5.41) is 4.59. The standard InChI is InChI=1S/C18H13F2N3OS/c19-14-6-2-7-15(20)13(14)10-22-23-17(24)11-25-16-8-1-4-12-5-3-9-21-18(12)16/h1-10H,11H2,(H,23,24)/b22-10-. The van der Waals surface area contributed by atoms with E-state index in [1.807, 2.05) is 30.3 Å². The van der Waals surface area contributed by atoms with Crippen molar-refractivity contribution in [1.82, 2.24) is 10.4 Å². The summed E-state index contributed by atoms with van der Waals surface area (Å²) in [7, 11) is 0. The molecule has 2 aromatic carbocycles. The maximum atomic E-state index is 13.4. The molecule has 0 aliphatic carbocycles. The predicted octanol–water partition coefficient (Wildman–Crippen LogP) is 3.76. The topological polar surface area (TPSA) is 54.4 Å². The zero-order valence-electron chi connectivity index (χ0n) is 12.9. The number of carbonyl (C=O) groups is 1. The Kier molecular flexibility index (Phi) is 5.35. The molecule has 1 heterocycles. The third kappa shape index (κ3) is 4.19. The Morgan fingerprint density at radius 2 is 1.84 bits per heavy atom. The highest BCUT2D eigenvalue weighted by Crippen LogP contribution is 2.25. The molecule has 4 nitrogen and oxygen atoms in total. The summed E-state index contributed by atoms with van der Waals surface area (Å²) in [6.45, 7) is 0. The Morgan fingerprint density at radius 1 is 1.12 bits per heavy atom. The molecule has 126 valence electrons. The number of hydrogen-bond donors (Lipinski definition) is 1. The number of pyridine rings is 1. The first-order chi connectivity index (χ1) is 12.1. The van der Waals surface area contributed by atoms with E-state index in [0.29, 0.717) is 0 Å². The minimum atomic E-state index is -0.741. The first-order valence-electron chi connectivity index (χ1n) is 7.37. The third-order valence-corrected chi connectivity index (χ3v) is 4.38. The summed E-state index contributed by atoms with van der Waals surface area (Å²) in [6.07, 6.45) is 2.65. The van der Waals surface area contributed by atoms with Gasteiger partial charge in [0.25, 0.3) is 0 Å². The summed E-state index contributed by atoms with van der Waals surface area (Å²) < 4.78 is 26.9. The average Bonchev–Trinajstić information content (AvgIpc) is 2.62. The molecule has 0 aliphatic heterocycles. The molecule has 0 spiro atoms. The quantitative estimate of drug-likeness (QED) is 0.430. The minimum absolute atomic E-state index is 0.104. The van der Waals surface area contributed by atoms with Crippen LogP contribution in [0.2, 0.25) is 0 Å². The molecule has 0 atom stereocenters. The van der Waals surface area contributed by atoms with Gasteiger partial charge < -0.3 is 0 Å². The van der Waals surface area contributed by atoms with Gasteiger partial charge in [-0.05, 0) is 24.3 Å². The Hall–Kier alpha value is -2.80. The molecule has 0 bridgehead atoms. The van der Waals surface area contributed by atoms with Gasteiger partial charge in [-0.15, -0.1) is 11.8 Å². The Balaban J connectivity index is 1.61. The number of thioether (sulfide) groups is 1. The van der Waals surface area contributed by atoms with Gasteiger partial charge >= 0.3 is 0 Å². The van der Waals surface area contributed by atoms with E-state index >= 15 is 0 Å². The van der Waals surface area contributed by atoms with Gasteiger partial charge in [0.05, 0.1) is 23.0 Å². The van der Waals surface area contributed by atoms with Crippen LogP contribution in [0.5, 0.6) is 0 Å². The second kappa shape index (κ2) is 7.85. The molecule has 25 heavy (non-hydrogen) atoms. The molecule has 1 N–H and O–H groups in total. The molecule has 3 aromatic rings. The normalized spacial score (nSPS) is 11.1. The van der Waals surface area contributed by atoms with Gasteiger partial charge in [-0.3, -0.25) is 9.78 Å². The van der Waals surface area contributed by atoms with Crippen LogP contribution in [-0.4, -0.2) is 22.9 Å². The first-order valence-corrected chi connectivity index (χ1v) is 8.36. The number of para-hydroxylation sites is 1. The molecule has 0 aliphatic rings. The number of hydrazone groups is 1. The van der Waals surface area contributed by atoms with Crippen molar-refractivity contribution >= 4 is 34.8 Å². The number of benzene rings is 2. The third-order valence-electron chi connectivity index (χ3n) is 3.34. The highest BCUT2D eigenvalue weighted by Gasteiger charge is 2.07. The van der Waals surface area contributed by atoms with E-state index in [4.69, 9.17) is 0 Å². The van der Waals surface area contributed by atoms with Crippen LogP contribution in [0, 0.1) is 11.6 Å². The molecule has 1 amide bonds. The van der Waals surface area contributed by atoms with Crippen molar-refractivity contribution in [3.8, 4) is 0 Å². The van der Waals surface area contributed by atoms with Gasteiger partial charge in [0, 0.05) is 16.5 Å². The van der Waals surface area contributed by atoms with Crippen LogP contribution < -0.4 is 5.43 Å². The highest BCUT2D eigenvalue weighted by atomic mass is 32.2. The zero-order valence-corrected chi connectivity index (χ0v) is 13.8. The van der Waals surface area contributed by atoms with Crippen molar-refractivity contribution in [2.45, 2.75) is 4.90 Å². The second-order valence-electron chi connectivity index (χ2n) is 5.05. The van der Waals surface area contributed by atoms with Crippen LogP contribution in [0.3, 0.4) is 0 Å². The number of nitrogens with one attached hydrogen (secondary N) is 1. The van der Waals surface area contributed by atoms with Crippen molar-refractivity contribution in [3.63, 3.8) is 0 Å². The Morgan fingerprint density at radius 3 is 2.64 bits per heavy atom. The van der Waals surface area contributed by atoms with E-state index in [9.17, 15) is 13.6 Å². The fourth-order valence-electron chi connectivity index (χ4n) is 2.17. The minimum Gasteiger partial charge on any atom is -0.272 e. The maximum Gasteiger partial charge on any atom is 0.250 e. The fourth-order valence-corrected chi connectivity index (χ4v) is 3.00. The van der Waals surface area contributed by atoms with E-state index in [2.05, 4.69) is 15.5 Å². The summed E-state index contributed by atoms with van der Waals surface area (Å²) in [5.41, 5.74) is 2.78. The smallest absolute Gasteiger partial charge is 0.250 e. The lowest BCUT2D eigenvalue weighted by Crippen LogP contribution is -2.19. The van der Waals surface area contributed by atoms with E-state index in [-0.39, 0.29) is 17.2 Å². The molecule has 0 saturated carbocycles. The molecule has 1 aromatic heterocycles. The summed E-state index contributed by atoms with van der Waals surface area (Å²) in [4.78, 5) is 17.0. The molecule has 0 fully saturated rings. The number of carbonyl (C=O) groups excluding carboxylic acids is 1. The van der Waals surface area contributed by atoms with Gasteiger partial charge in [0.2, 0.25) is 5.91 Å². The lowest BCUT2D eigenvalue weighted by molar-refractivity contribution is -0.118. The van der Waals surface area contributed by atoms with Crippen molar-refractivity contribution < 1.29 is 13.6 Å². The summed E-state index contributed by atoms with van der Waals surface area (Å²) >= 11 is 1.31. The molecular weight excluding hydrogens is 344 g/mol. The van der Waals surface area contributed by atoms with Crippen LogP contribution in [0.15, 0.2) is 64.7 Å². The van der Waals surface area contributed by atoms with Crippen LogP contribution >= 0.6 is 11.8 Å². The largest absolute Gasteiger partial charge is 0.272 e. The maximum absolute atomic E-state index is 13.4. The van der Waals surface area contributed by atoms with Crippen molar-refractivity contribution in [2.24, 2.45) is 5.10 Å². The Labute approximate surface area is 147 Å². The summed E-state index contributed by atoms with van der Waals surface area (Å²) in [5.74, 6) is -1.76. The number of nitrogens with zero attached hydrogens (tertiary/aromatic N) is 2.